The predicted molar refractivity (Wildman–Crippen MR) is 96.1 cm³/mol. The van der Waals surface area contributed by atoms with Crippen LogP contribution in [0.1, 0.15) is 30.5 Å². The number of halogens is 1. The normalized spacial score (nSPS) is 12.7. The highest BCUT2D eigenvalue weighted by atomic mass is 79.9. The zero-order valence-electron chi connectivity index (χ0n) is 12.0. The molecule has 1 atom stereocenters. The zero-order valence-corrected chi connectivity index (χ0v) is 14.4. The summed E-state index contributed by atoms with van der Waals surface area (Å²) < 4.78 is 1.19. The van der Waals surface area contributed by atoms with Gasteiger partial charge in [0.15, 0.2) is 0 Å². The molecule has 3 aromatic rings. The maximum absolute atomic E-state index is 3.68. The predicted octanol–water partition coefficient (Wildman–Crippen LogP) is 5.75. The van der Waals surface area contributed by atoms with Crippen LogP contribution in [-0.4, -0.2) is 6.54 Å². The van der Waals surface area contributed by atoms with Gasteiger partial charge >= 0.3 is 0 Å². The molecule has 3 rings (SSSR count). The Morgan fingerprint density at radius 1 is 1.10 bits per heavy atom. The molecule has 0 radical (unpaired) electrons. The molecule has 0 amide bonds. The first-order valence-corrected chi connectivity index (χ1v) is 8.97. The molecule has 2 aromatic carbocycles. The van der Waals surface area contributed by atoms with Crippen LogP contribution < -0.4 is 5.32 Å². The lowest BCUT2D eigenvalue weighted by atomic mass is 9.98. The number of thiophene rings is 1. The van der Waals surface area contributed by atoms with Gasteiger partial charge in [-0.1, -0.05) is 43.3 Å². The molecule has 1 aromatic heterocycles. The van der Waals surface area contributed by atoms with Crippen molar-refractivity contribution in [3.05, 3.63) is 68.8 Å². The van der Waals surface area contributed by atoms with E-state index in [4.69, 9.17) is 0 Å². The van der Waals surface area contributed by atoms with Gasteiger partial charge in [-0.2, -0.15) is 11.3 Å². The van der Waals surface area contributed by atoms with Crippen LogP contribution >= 0.6 is 27.3 Å². The number of hydrogen-bond acceptors (Lipinski definition) is 2. The molecule has 1 N–H and O–H groups in total. The van der Waals surface area contributed by atoms with Gasteiger partial charge in [0.2, 0.25) is 0 Å². The summed E-state index contributed by atoms with van der Waals surface area (Å²) in [7, 11) is 0. The van der Waals surface area contributed by atoms with Crippen molar-refractivity contribution in [2.24, 2.45) is 0 Å². The Morgan fingerprint density at radius 2 is 1.90 bits per heavy atom. The quantitative estimate of drug-likeness (QED) is 0.611. The Hall–Kier alpha value is -1.16. The van der Waals surface area contributed by atoms with Crippen LogP contribution in [0.4, 0.5) is 0 Å². The van der Waals surface area contributed by atoms with Gasteiger partial charge in [-0.15, -0.1) is 0 Å². The minimum atomic E-state index is 0.246. The van der Waals surface area contributed by atoms with Crippen molar-refractivity contribution in [3.63, 3.8) is 0 Å². The van der Waals surface area contributed by atoms with Gasteiger partial charge in [-0.25, -0.2) is 0 Å². The van der Waals surface area contributed by atoms with Gasteiger partial charge < -0.3 is 5.32 Å². The summed E-state index contributed by atoms with van der Waals surface area (Å²) in [6, 6.07) is 15.5. The lowest BCUT2D eigenvalue weighted by Crippen LogP contribution is -2.23. The molecule has 108 valence electrons. The van der Waals surface area contributed by atoms with E-state index < -0.39 is 0 Å². The summed E-state index contributed by atoms with van der Waals surface area (Å²) in [6.45, 7) is 3.22. The molecule has 0 saturated carbocycles. The Morgan fingerprint density at radius 3 is 2.62 bits per heavy atom. The largest absolute Gasteiger partial charge is 0.306 e. The minimum Gasteiger partial charge on any atom is -0.306 e. The summed E-state index contributed by atoms with van der Waals surface area (Å²) in [5.41, 5.74) is 2.64. The van der Waals surface area contributed by atoms with Crippen molar-refractivity contribution in [1.82, 2.24) is 5.32 Å². The van der Waals surface area contributed by atoms with Gasteiger partial charge in [0.25, 0.3) is 0 Å². The molecule has 1 nitrogen and oxygen atoms in total. The Bertz CT molecular complexity index is 735. The van der Waals surface area contributed by atoms with Crippen LogP contribution in [-0.2, 0) is 0 Å². The van der Waals surface area contributed by atoms with Gasteiger partial charge in [0.05, 0.1) is 6.04 Å². The van der Waals surface area contributed by atoms with Crippen molar-refractivity contribution in [3.8, 4) is 0 Å². The molecule has 0 aliphatic heterocycles. The number of nitrogens with one attached hydrogen (secondary N) is 1. The number of fused-ring (bicyclic) bond motifs is 1. The van der Waals surface area contributed by atoms with E-state index in [1.807, 2.05) is 0 Å². The average Bonchev–Trinajstić information content (AvgIpc) is 2.94. The summed E-state index contributed by atoms with van der Waals surface area (Å²) >= 11 is 5.42. The highest BCUT2D eigenvalue weighted by Gasteiger charge is 2.17. The van der Waals surface area contributed by atoms with E-state index in [2.05, 4.69) is 81.4 Å². The smallest absolute Gasteiger partial charge is 0.0596 e. The van der Waals surface area contributed by atoms with Crippen molar-refractivity contribution in [2.75, 3.05) is 6.54 Å². The highest BCUT2D eigenvalue weighted by molar-refractivity contribution is 9.10. The molecule has 0 spiro atoms. The van der Waals surface area contributed by atoms with E-state index in [-0.39, 0.29) is 6.04 Å². The molecule has 0 saturated heterocycles. The molecular weight excluding hydrogens is 342 g/mol. The third kappa shape index (κ3) is 3.20. The molecule has 0 fully saturated rings. The summed E-state index contributed by atoms with van der Waals surface area (Å²) in [6.07, 6.45) is 1.13. The maximum Gasteiger partial charge on any atom is 0.0596 e. The first-order chi connectivity index (χ1) is 10.3. The summed E-state index contributed by atoms with van der Waals surface area (Å²) in [5, 5.41) is 10.6. The van der Waals surface area contributed by atoms with E-state index in [0.717, 1.165) is 13.0 Å². The Labute approximate surface area is 138 Å². The molecule has 0 aliphatic rings. The third-order valence-corrected chi connectivity index (χ3v) is 5.41. The monoisotopic (exact) mass is 359 g/mol. The second-order valence-corrected chi connectivity index (χ2v) is 6.77. The van der Waals surface area contributed by atoms with Gasteiger partial charge in [0.1, 0.15) is 0 Å². The van der Waals surface area contributed by atoms with Crippen molar-refractivity contribution < 1.29 is 0 Å². The van der Waals surface area contributed by atoms with Crippen LogP contribution in [0.3, 0.4) is 0 Å². The van der Waals surface area contributed by atoms with Gasteiger partial charge in [-0.05, 0) is 62.2 Å². The lowest BCUT2D eigenvalue weighted by Gasteiger charge is -2.19. The number of hydrogen-bond donors (Lipinski definition) is 1. The van der Waals surface area contributed by atoms with Crippen LogP contribution in [0, 0.1) is 0 Å². The molecular formula is C18H18BrNS. The van der Waals surface area contributed by atoms with Gasteiger partial charge in [0, 0.05) is 9.85 Å². The second kappa shape index (κ2) is 6.73. The fraction of sp³-hybridized carbons (Fsp3) is 0.222. The molecule has 3 heteroatoms. The average molecular weight is 360 g/mol. The van der Waals surface area contributed by atoms with Crippen LogP contribution in [0.2, 0.25) is 0 Å². The highest BCUT2D eigenvalue weighted by Crippen LogP contribution is 2.32. The van der Waals surface area contributed by atoms with Crippen molar-refractivity contribution >= 4 is 38.0 Å². The van der Waals surface area contributed by atoms with E-state index in [1.54, 1.807) is 11.3 Å². The third-order valence-electron chi connectivity index (χ3n) is 3.66. The lowest BCUT2D eigenvalue weighted by molar-refractivity contribution is 0.599. The fourth-order valence-corrected chi connectivity index (χ4v) is 4.13. The van der Waals surface area contributed by atoms with Crippen LogP contribution in [0.15, 0.2) is 57.7 Å². The van der Waals surface area contributed by atoms with E-state index in [9.17, 15) is 0 Å². The first kappa shape index (κ1) is 14.8. The zero-order chi connectivity index (χ0) is 14.7. The fourth-order valence-electron chi connectivity index (χ4n) is 2.58. The topological polar surface area (TPSA) is 12.0 Å². The molecule has 0 bridgehead atoms. The van der Waals surface area contributed by atoms with E-state index in [1.165, 1.54) is 26.4 Å². The molecule has 1 unspecified atom stereocenters. The maximum atomic E-state index is 3.68. The van der Waals surface area contributed by atoms with Crippen LogP contribution in [0.25, 0.3) is 10.8 Å². The molecule has 1 heterocycles. The molecule has 0 aliphatic carbocycles. The van der Waals surface area contributed by atoms with Gasteiger partial charge in [-0.3, -0.25) is 0 Å². The van der Waals surface area contributed by atoms with Crippen molar-refractivity contribution in [2.45, 2.75) is 19.4 Å². The molecule has 21 heavy (non-hydrogen) atoms. The Kier molecular flexibility index (Phi) is 4.73. The summed E-state index contributed by atoms with van der Waals surface area (Å²) in [4.78, 5) is 0. The second-order valence-electron chi connectivity index (χ2n) is 5.17. The minimum absolute atomic E-state index is 0.246. The number of benzene rings is 2. The van der Waals surface area contributed by atoms with E-state index >= 15 is 0 Å². The number of rotatable bonds is 5. The Balaban J connectivity index is 2.03. The SMILES string of the molecule is CCCNC(c1ccc2ccccc2c1)c1cscc1Br. The summed E-state index contributed by atoms with van der Waals surface area (Å²) in [5.74, 6) is 0. The first-order valence-electron chi connectivity index (χ1n) is 7.23. The van der Waals surface area contributed by atoms with E-state index in [0.29, 0.717) is 0 Å². The van der Waals surface area contributed by atoms with Crippen LogP contribution in [0.5, 0.6) is 0 Å². The standard InChI is InChI=1S/C18H18BrNS/c1-2-9-20-18(16-11-21-12-17(16)19)15-8-7-13-5-3-4-6-14(13)10-15/h3-8,10-12,18,20H,2,9H2,1H3. The van der Waals surface area contributed by atoms with Crippen molar-refractivity contribution in [1.29, 1.82) is 0 Å².